The number of nitrogens with one attached hydrogen (secondary N) is 2. The van der Waals surface area contributed by atoms with Crippen molar-refractivity contribution in [3.8, 4) is 0 Å². The molecule has 0 aliphatic rings. The molecule has 0 atom stereocenters. The highest BCUT2D eigenvalue weighted by Crippen LogP contribution is 2.26. The summed E-state index contributed by atoms with van der Waals surface area (Å²) in [5, 5.41) is 3.73. The van der Waals surface area contributed by atoms with Crippen LogP contribution in [0.2, 0.25) is 5.02 Å². The Morgan fingerprint density at radius 1 is 1.32 bits per heavy atom. The second-order valence-electron chi connectivity index (χ2n) is 4.15. The zero-order valence-electron chi connectivity index (χ0n) is 10.7. The van der Waals surface area contributed by atoms with Crippen LogP contribution in [0.3, 0.4) is 0 Å². The van der Waals surface area contributed by atoms with Crippen LogP contribution >= 0.6 is 27.5 Å². The molecule has 1 rings (SSSR count). The highest BCUT2D eigenvalue weighted by molar-refractivity contribution is 9.10. The van der Waals surface area contributed by atoms with Gasteiger partial charge < -0.3 is 5.32 Å². The molecule has 0 saturated heterocycles. The number of benzene rings is 1. The molecular weight excluding hydrogens is 352 g/mol. The molecule has 0 aromatic heterocycles. The SMILES string of the molecule is CCCNCCCS(=O)(=O)Nc1ccc(Cl)cc1Br. The van der Waals surface area contributed by atoms with E-state index in [0.717, 1.165) is 13.0 Å². The van der Waals surface area contributed by atoms with Crippen molar-refractivity contribution < 1.29 is 8.42 Å². The summed E-state index contributed by atoms with van der Waals surface area (Å²) >= 11 is 9.08. The van der Waals surface area contributed by atoms with E-state index in [1.807, 2.05) is 0 Å². The standard InChI is InChI=1S/C12H18BrClN2O2S/c1-2-6-15-7-3-8-19(17,18)16-12-5-4-10(14)9-11(12)13/h4-5,9,15-16H,2-3,6-8H2,1H3. The highest BCUT2D eigenvalue weighted by atomic mass is 79.9. The molecule has 7 heteroatoms. The molecule has 0 unspecified atom stereocenters. The molecule has 0 amide bonds. The number of hydrogen-bond donors (Lipinski definition) is 2. The van der Waals surface area contributed by atoms with Crippen LogP contribution in [-0.4, -0.2) is 27.3 Å². The van der Waals surface area contributed by atoms with E-state index in [0.29, 0.717) is 28.1 Å². The molecule has 0 spiro atoms. The van der Waals surface area contributed by atoms with Crippen LogP contribution in [-0.2, 0) is 10.0 Å². The first kappa shape index (κ1) is 16.8. The number of sulfonamides is 1. The normalized spacial score (nSPS) is 11.5. The van der Waals surface area contributed by atoms with E-state index < -0.39 is 10.0 Å². The van der Waals surface area contributed by atoms with Gasteiger partial charge in [-0.2, -0.15) is 0 Å². The minimum absolute atomic E-state index is 0.0960. The van der Waals surface area contributed by atoms with Crippen molar-refractivity contribution >= 4 is 43.2 Å². The Labute approximate surface area is 128 Å². The van der Waals surface area contributed by atoms with Gasteiger partial charge in [-0.25, -0.2) is 8.42 Å². The molecule has 0 heterocycles. The van der Waals surface area contributed by atoms with Crippen molar-refractivity contribution in [1.29, 1.82) is 0 Å². The molecule has 0 bridgehead atoms. The first-order chi connectivity index (χ1) is 8.94. The van der Waals surface area contributed by atoms with Crippen LogP contribution in [0.25, 0.3) is 0 Å². The molecule has 108 valence electrons. The molecule has 2 N–H and O–H groups in total. The summed E-state index contributed by atoms with van der Waals surface area (Å²) < 4.78 is 26.9. The predicted octanol–water partition coefficient (Wildman–Crippen LogP) is 3.23. The van der Waals surface area contributed by atoms with E-state index in [1.165, 1.54) is 0 Å². The van der Waals surface area contributed by atoms with Gasteiger partial charge in [0.05, 0.1) is 11.4 Å². The van der Waals surface area contributed by atoms with Crippen molar-refractivity contribution in [2.75, 3.05) is 23.6 Å². The van der Waals surface area contributed by atoms with Gasteiger partial charge in [-0.15, -0.1) is 0 Å². The van der Waals surface area contributed by atoms with Crippen LogP contribution in [0.5, 0.6) is 0 Å². The second-order valence-corrected chi connectivity index (χ2v) is 7.28. The van der Waals surface area contributed by atoms with Crippen LogP contribution in [0.15, 0.2) is 22.7 Å². The van der Waals surface area contributed by atoms with Crippen molar-refractivity contribution in [3.05, 3.63) is 27.7 Å². The summed E-state index contributed by atoms with van der Waals surface area (Å²) in [5.74, 6) is 0.0960. The van der Waals surface area contributed by atoms with Gasteiger partial charge in [0.2, 0.25) is 10.0 Å². The van der Waals surface area contributed by atoms with Crippen molar-refractivity contribution in [2.24, 2.45) is 0 Å². The maximum atomic E-state index is 11.9. The largest absolute Gasteiger partial charge is 0.317 e. The lowest BCUT2D eigenvalue weighted by atomic mass is 10.3. The van der Waals surface area contributed by atoms with E-state index >= 15 is 0 Å². The maximum absolute atomic E-state index is 11.9. The zero-order valence-corrected chi connectivity index (χ0v) is 13.9. The number of halogens is 2. The van der Waals surface area contributed by atoms with Crippen LogP contribution < -0.4 is 10.0 Å². The summed E-state index contributed by atoms with van der Waals surface area (Å²) in [6.45, 7) is 3.69. The fraction of sp³-hybridized carbons (Fsp3) is 0.500. The Morgan fingerprint density at radius 2 is 2.05 bits per heavy atom. The van der Waals surface area contributed by atoms with E-state index in [4.69, 9.17) is 11.6 Å². The average Bonchev–Trinajstić information content (AvgIpc) is 2.32. The third-order valence-corrected chi connectivity index (χ3v) is 4.64. The fourth-order valence-corrected chi connectivity index (χ4v) is 3.53. The molecule has 19 heavy (non-hydrogen) atoms. The summed E-state index contributed by atoms with van der Waals surface area (Å²) in [4.78, 5) is 0. The lowest BCUT2D eigenvalue weighted by Crippen LogP contribution is -2.22. The van der Waals surface area contributed by atoms with Gasteiger partial charge in [0, 0.05) is 9.50 Å². The van der Waals surface area contributed by atoms with E-state index in [9.17, 15) is 8.42 Å². The van der Waals surface area contributed by atoms with Gasteiger partial charge in [-0.3, -0.25) is 4.72 Å². The highest BCUT2D eigenvalue weighted by Gasteiger charge is 2.12. The summed E-state index contributed by atoms with van der Waals surface area (Å²) in [5.41, 5.74) is 0.505. The van der Waals surface area contributed by atoms with E-state index in [1.54, 1.807) is 18.2 Å². The Kier molecular flexibility index (Phi) is 7.13. The van der Waals surface area contributed by atoms with Crippen molar-refractivity contribution in [1.82, 2.24) is 5.32 Å². The second kappa shape index (κ2) is 8.09. The quantitative estimate of drug-likeness (QED) is 0.692. The lowest BCUT2D eigenvalue weighted by molar-refractivity contribution is 0.593. The van der Waals surface area contributed by atoms with Crippen LogP contribution in [0.1, 0.15) is 19.8 Å². The van der Waals surface area contributed by atoms with Gasteiger partial charge in [0.25, 0.3) is 0 Å². The number of hydrogen-bond acceptors (Lipinski definition) is 3. The third-order valence-electron chi connectivity index (χ3n) is 2.39. The van der Waals surface area contributed by atoms with Crippen LogP contribution in [0.4, 0.5) is 5.69 Å². The molecule has 1 aromatic carbocycles. The Bertz CT molecular complexity index is 508. The summed E-state index contributed by atoms with van der Waals surface area (Å²) in [6, 6.07) is 4.94. The predicted molar refractivity (Wildman–Crippen MR) is 84.3 cm³/mol. The van der Waals surface area contributed by atoms with Crippen molar-refractivity contribution in [3.63, 3.8) is 0 Å². The minimum atomic E-state index is -3.32. The number of anilines is 1. The number of rotatable bonds is 8. The molecule has 1 aromatic rings. The van der Waals surface area contributed by atoms with E-state index in [2.05, 4.69) is 32.9 Å². The molecular formula is C12H18BrClN2O2S. The average molecular weight is 370 g/mol. The van der Waals surface area contributed by atoms with Gasteiger partial charge >= 0.3 is 0 Å². The molecule has 0 fully saturated rings. The molecule has 4 nitrogen and oxygen atoms in total. The monoisotopic (exact) mass is 368 g/mol. The van der Waals surface area contributed by atoms with Gasteiger partial charge in [-0.1, -0.05) is 18.5 Å². The fourth-order valence-electron chi connectivity index (χ4n) is 1.48. The Balaban J connectivity index is 2.50. The lowest BCUT2D eigenvalue weighted by Gasteiger charge is -2.10. The molecule has 0 radical (unpaired) electrons. The Hall–Kier alpha value is -0.300. The van der Waals surface area contributed by atoms with Crippen LogP contribution in [0, 0.1) is 0 Å². The van der Waals surface area contributed by atoms with Gasteiger partial charge in [0.1, 0.15) is 0 Å². The maximum Gasteiger partial charge on any atom is 0.232 e. The van der Waals surface area contributed by atoms with Crippen molar-refractivity contribution in [2.45, 2.75) is 19.8 Å². The molecule has 0 aliphatic heterocycles. The zero-order chi connectivity index (χ0) is 14.3. The molecule has 0 saturated carbocycles. The summed E-state index contributed by atoms with van der Waals surface area (Å²) in [6.07, 6.45) is 1.63. The Morgan fingerprint density at radius 3 is 2.68 bits per heavy atom. The smallest absolute Gasteiger partial charge is 0.232 e. The van der Waals surface area contributed by atoms with Gasteiger partial charge in [-0.05, 0) is 60.1 Å². The third kappa shape index (κ3) is 6.61. The van der Waals surface area contributed by atoms with Gasteiger partial charge in [0.15, 0.2) is 0 Å². The topological polar surface area (TPSA) is 58.2 Å². The minimum Gasteiger partial charge on any atom is -0.317 e. The first-order valence-corrected chi connectivity index (χ1v) is 8.93. The van der Waals surface area contributed by atoms with E-state index in [-0.39, 0.29) is 5.75 Å². The summed E-state index contributed by atoms with van der Waals surface area (Å²) in [7, 11) is -3.32. The first-order valence-electron chi connectivity index (χ1n) is 6.11. The molecule has 0 aliphatic carbocycles.